The number of allylic oxidation sites excluding steroid dienone is 2. The molecule has 4 heteroatoms. The quantitative estimate of drug-likeness (QED) is 0.393. The first-order valence-corrected chi connectivity index (χ1v) is 12.8. The number of ketones is 2. The van der Waals surface area contributed by atoms with Gasteiger partial charge in [0.25, 0.3) is 0 Å². The first-order valence-electron chi connectivity index (χ1n) is 12.8. The number of ether oxygens (including phenoxy) is 1. The zero-order valence-electron chi connectivity index (χ0n) is 21.3. The first-order chi connectivity index (χ1) is 17.4. The average Bonchev–Trinajstić information content (AvgIpc) is 2.88. The van der Waals surface area contributed by atoms with E-state index in [0.29, 0.717) is 12.2 Å². The minimum atomic E-state index is -0.216. The summed E-state index contributed by atoms with van der Waals surface area (Å²) in [6.07, 6.45) is 10.2. The number of carbonyl (C=O) groups excluding carboxylic acids is 2. The smallest absolute Gasteiger partial charge is 0.163 e. The summed E-state index contributed by atoms with van der Waals surface area (Å²) in [6, 6.07) is 16.4. The largest absolute Gasteiger partial charge is 0.504 e. The molecule has 3 aromatic carbocycles. The molecule has 3 aromatic rings. The number of hydrogen-bond acceptors (Lipinski definition) is 4. The maximum atomic E-state index is 12.5. The van der Waals surface area contributed by atoms with Crippen LogP contribution in [-0.2, 0) is 9.59 Å². The molecule has 0 saturated heterocycles. The molecule has 2 atom stereocenters. The van der Waals surface area contributed by atoms with E-state index < -0.39 is 0 Å². The van der Waals surface area contributed by atoms with Crippen LogP contribution >= 0.6 is 0 Å². The summed E-state index contributed by atoms with van der Waals surface area (Å²) in [5, 5.41) is 13.4. The van der Waals surface area contributed by atoms with Crippen LogP contribution in [0, 0.1) is 5.92 Å². The summed E-state index contributed by atoms with van der Waals surface area (Å²) in [5.74, 6) is 0.396. The molecule has 2 unspecified atom stereocenters. The number of aromatic hydroxyl groups is 1. The number of phenolic OH excluding ortho intramolecular Hbond substituents is 1. The SMILES string of the molecule is CCC1C=Cc2cc(cc3ccccc23)C(CC)c2cc(cc(OC)c2O)C=CC(=O)CC(=O)CC1. The summed E-state index contributed by atoms with van der Waals surface area (Å²) in [4.78, 5) is 25.0. The lowest BCUT2D eigenvalue weighted by Gasteiger charge is -2.21. The molecule has 0 radical (unpaired) electrons. The molecule has 0 amide bonds. The third-order valence-electron chi connectivity index (χ3n) is 7.15. The number of Topliss-reactive ketones (excluding diaryl/α,β-unsaturated/α-hetero) is 1. The van der Waals surface area contributed by atoms with Crippen LogP contribution in [0.5, 0.6) is 11.5 Å². The lowest BCUT2D eigenvalue weighted by Crippen LogP contribution is -2.07. The Morgan fingerprint density at radius 3 is 2.53 bits per heavy atom. The van der Waals surface area contributed by atoms with Gasteiger partial charge in [-0.15, -0.1) is 0 Å². The number of fused-ring (bicyclic) bond motifs is 6. The van der Waals surface area contributed by atoms with Gasteiger partial charge in [0, 0.05) is 17.9 Å². The van der Waals surface area contributed by atoms with Crippen molar-refractivity contribution >= 4 is 34.5 Å². The second-order valence-electron chi connectivity index (χ2n) is 9.53. The standard InChI is InChI=1S/C32H34O4/c1-4-21-10-13-24-19-25(18-23-8-6-7-9-29(23)24)28(5-2)30-16-22(17-31(36-3)32(30)35)12-15-27(34)20-26(33)14-11-21/h6-10,12-13,15-19,21,28,35H,4-5,11,14,20H2,1-3H3. The number of rotatable bonds is 3. The van der Waals surface area contributed by atoms with Crippen LogP contribution in [-0.4, -0.2) is 23.8 Å². The van der Waals surface area contributed by atoms with E-state index in [-0.39, 0.29) is 35.6 Å². The van der Waals surface area contributed by atoms with Crippen LogP contribution in [0.3, 0.4) is 0 Å². The second kappa shape index (κ2) is 11.4. The fourth-order valence-electron chi connectivity index (χ4n) is 5.06. The first kappa shape index (κ1) is 25.4. The van der Waals surface area contributed by atoms with Gasteiger partial charge in [0.05, 0.1) is 13.5 Å². The van der Waals surface area contributed by atoms with Crippen LogP contribution < -0.4 is 4.74 Å². The molecule has 0 saturated carbocycles. The summed E-state index contributed by atoms with van der Waals surface area (Å²) >= 11 is 0. The maximum absolute atomic E-state index is 12.5. The molecule has 4 rings (SSSR count). The van der Waals surface area contributed by atoms with Gasteiger partial charge in [0.15, 0.2) is 17.3 Å². The van der Waals surface area contributed by atoms with Gasteiger partial charge in [-0.1, -0.05) is 68.5 Å². The van der Waals surface area contributed by atoms with E-state index in [1.807, 2.05) is 18.2 Å². The van der Waals surface area contributed by atoms with Gasteiger partial charge in [-0.2, -0.15) is 0 Å². The van der Waals surface area contributed by atoms with Crippen molar-refractivity contribution in [3.63, 3.8) is 0 Å². The van der Waals surface area contributed by atoms with E-state index in [9.17, 15) is 14.7 Å². The van der Waals surface area contributed by atoms with Gasteiger partial charge in [0.1, 0.15) is 5.78 Å². The molecule has 1 aliphatic carbocycles. The Labute approximate surface area is 213 Å². The van der Waals surface area contributed by atoms with E-state index in [4.69, 9.17) is 4.74 Å². The molecular formula is C32H34O4. The zero-order chi connectivity index (χ0) is 25.7. The number of phenols is 1. The molecular weight excluding hydrogens is 448 g/mol. The predicted octanol–water partition coefficient (Wildman–Crippen LogP) is 7.47. The molecule has 1 N–H and O–H groups in total. The summed E-state index contributed by atoms with van der Waals surface area (Å²) in [5.41, 5.74) is 3.72. The van der Waals surface area contributed by atoms with Crippen molar-refractivity contribution in [2.45, 2.75) is 51.9 Å². The van der Waals surface area contributed by atoms with Crippen molar-refractivity contribution in [2.75, 3.05) is 7.11 Å². The Morgan fingerprint density at radius 1 is 0.972 bits per heavy atom. The van der Waals surface area contributed by atoms with Gasteiger partial charge in [-0.05, 0) is 70.9 Å². The minimum absolute atomic E-state index is 0.0386. The van der Waals surface area contributed by atoms with Crippen molar-refractivity contribution in [3.8, 4) is 11.5 Å². The highest BCUT2D eigenvalue weighted by molar-refractivity contribution is 6.06. The van der Waals surface area contributed by atoms with E-state index in [1.54, 1.807) is 12.1 Å². The molecule has 0 aliphatic heterocycles. The molecule has 4 nitrogen and oxygen atoms in total. The highest BCUT2D eigenvalue weighted by atomic mass is 16.5. The Kier molecular flexibility index (Phi) is 8.04. The van der Waals surface area contributed by atoms with Crippen molar-refractivity contribution in [3.05, 3.63) is 82.9 Å². The van der Waals surface area contributed by atoms with Gasteiger partial charge in [-0.3, -0.25) is 9.59 Å². The molecule has 1 aliphatic rings. The van der Waals surface area contributed by atoms with Gasteiger partial charge in [-0.25, -0.2) is 0 Å². The van der Waals surface area contributed by atoms with Crippen molar-refractivity contribution in [1.82, 2.24) is 0 Å². The molecule has 36 heavy (non-hydrogen) atoms. The molecule has 0 heterocycles. The molecule has 0 fully saturated rings. The Bertz CT molecular complexity index is 1330. The van der Waals surface area contributed by atoms with Gasteiger partial charge in [0.2, 0.25) is 0 Å². The highest BCUT2D eigenvalue weighted by Gasteiger charge is 2.21. The van der Waals surface area contributed by atoms with Crippen LogP contribution in [0.2, 0.25) is 0 Å². The summed E-state index contributed by atoms with van der Waals surface area (Å²) < 4.78 is 5.48. The van der Waals surface area contributed by atoms with Gasteiger partial charge < -0.3 is 9.84 Å². The maximum Gasteiger partial charge on any atom is 0.163 e. The fraction of sp³-hybridized carbons (Fsp3) is 0.312. The average molecular weight is 483 g/mol. The molecule has 0 spiro atoms. The second-order valence-corrected chi connectivity index (χ2v) is 9.53. The van der Waals surface area contributed by atoms with Crippen LogP contribution in [0.15, 0.2) is 60.7 Å². The van der Waals surface area contributed by atoms with Gasteiger partial charge >= 0.3 is 0 Å². The number of methoxy groups -OCH3 is 1. The lowest BCUT2D eigenvalue weighted by atomic mass is 9.85. The minimum Gasteiger partial charge on any atom is -0.504 e. The summed E-state index contributed by atoms with van der Waals surface area (Å²) in [7, 11) is 1.52. The molecule has 4 bridgehead atoms. The fourth-order valence-corrected chi connectivity index (χ4v) is 5.06. The molecule has 0 aromatic heterocycles. The van der Waals surface area contributed by atoms with Crippen LogP contribution in [0.25, 0.3) is 22.9 Å². The van der Waals surface area contributed by atoms with E-state index in [2.05, 4.69) is 50.3 Å². The Morgan fingerprint density at radius 2 is 1.78 bits per heavy atom. The highest BCUT2D eigenvalue weighted by Crippen LogP contribution is 2.42. The van der Waals surface area contributed by atoms with Crippen molar-refractivity contribution < 1.29 is 19.4 Å². The van der Waals surface area contributed by atoms with Crippen molar-refractivity contribution in [2.24, 2.45) is 5.92 Å². The summed E-state index contributed by atoms with van der Waals surface area (Å²) in [6.45, 7) is 4.23. The normalized spacial score (nSPS) is 18.9. The zero-order valence-corrected chi connectivity index (χ0v) is 21.3. The Hall–Kier alpha value is -3.66. The third kappa shape index (κ3) is 5.59. The molecule has 186 valence electrons. The van der Waals surface area contributed by atoms with Crippen LogP contribution in [0.1, 0.15) is 74.1 Å². The van der Waals surface area contributed by atoms with E-state index in [0.717, 1.165) is 46.9 Å². The number of carbonyl (C=O) groups is 2. The predicted molar refractivity (Wildman–Crippen MR) is 146 cm³/mol. The number of benzene rings is 3. The topological polar surface area (TPSA) is 63.6 Å². The van der Waals surface area contributed by atoms with E-state index in [1.165, 1.54) is 18.6 Å². The monoisotopic (exact) mass is 482 g/mol. The van der Waals surface area contributed by atoms with Crippen LogP contribution in [0.4, 0.5) is 0 Å². The van der Waals surface area contributed by atoms with E-state index >= 15 is 0 Å². The number of hydrogen-bond donors (Lipinski definition) is 1. The Balaban J connectivity index is 1.94. The van der Waals surface area contributed by atoms with Crippen molar-refractivity contribution in [1.29, 1.82) is 0 Å². The third-order valence-corrected chi connectivity index (χ3v) is 7.15. The lowest BCUT2D eigenvalue weighted by molar-refractivity contribution is -0.124.